The molecule has 9 heteroatoms. The highest BCUT2D eigenvalue weighted by molar-refractivity contribution is 6.35. The van der Waals surface area contributed by atoms with Crippen molar-refractivity contribution in [2.24, 2.45) is 0 Å². The van der Waals surface area contributed by atoms with Gasteiger partial charge in [0.15, 0.2) is 5.58 Å². The van der Waals surface area contributed by atoms with Crippen molar-refractivity contribution < 1.29 is 22.4 Å². The Kier molecular flexibility index (Phi) is 4.87. The van der Waals surface area contributed by atoms with Gasteiger partial charge in [0.05, 0.1) is 0 Å². The molecule has 3 aromatic rings. The highest BCUT2D eigenvalue weighted by Gasteiger charge is 2.22. The lowest BCUT2D eigenvalue weighted by Crippen LogP contribution is -2.36. The zero-order valence-corrected chi connectivity index (χ0v) is 13.8. The second-order valence-electron chi connectivity index (χ2n) is 5.07. The van der Waals surface area contributed by atoms with Crippen LogP contribution in [0.2, 0.25) is 10.0 Å². The molecular weight excluding hydrogens is 380 g/mol. The summed E-state index contributed by atoms with van der Waals surface area (Å²) in [6.45, 7) is 0. The fourth-order valence-electron chi connectivity index (χ4n) is 2.14. The van der Waals surface area contributed by atoms with Crippen molar-refractivity contribution in [3.8, 4) is 11.5 Å². The first-order valence-electron chi connectivity index (χ1n) is 6.93. The third-order valence-corrected chi connectivity index (χ3v) is 3.69. The number of benzene rings is 2. The van der Waals surface area contributed by atoms with E-state index in [0.29, 0.717) is 21.1 Å². The monoisotopic (exact) mass is 388 g/mol. The van der Waals surface area contributed by atoms with Crippen LogP contribution in [0.4, 0.5) is 13.2 Å². The minimum atomic E-state index is -3.31. The first-order valence-corrected chi connectivity index (χ1v) is 7.69. The summed E-state index contributed by atoms with van der Waals surface area (Å²) in [5, 5.41) is 2.35. The molecule has 0 saturated carbocycles. The van der Waals surface area contributed by atoms with Crippen LogP contribution in [0.5, 0.6) is 0 Å². The molecule has 0 aliphatic rings. The van der Waals surface area contributed by atoms with Crippen LogP contribution >= 0.6 is 23.2 Å². The summed E-state index contributed by atoms with van der Waals surface area (Å²) < 4.78 is 42.8. The number of alkyl halides is 3. The fourth-order valence-corrected chi connectivity index (χ4v) is 2.66. The molecule has 0 spiro atoms. The summed E-state index contributed by atoms with van der Waals surface area (Å²) in [5.41, 5.74) is 1.14. The number of hydrogen-bond donors (Lipinski definition) is 1. The highest BCUT2D eigenvalue weighted by atomic mass is 35.5. The largest absolute Gasteiger partial charge is 0.436 e. The van der Waals surface area contributed by atoms with Gasteiger partial charge in [0, 0.05) is 21.2 Å². The zero-order chi connectivity index (χ0) is 18.1. The molecule has 0 bridgehead atoms. The van der Waals surface area contributed by atoms with Gasteiger partial charge in [-0.2, -0.15) is 0 Å². The molecule has 1 atom stereocenters. The Morgan fingerprint density at radius 1 is 1.08 bits per heavy atom. The van der Waals surface area contributed by atoms with Gasteiger partial charge in [-0.1, -0.05) is 23.2 Å². The van der Waals surface area contributed by atoms with Gasteiger partial charge in [0.25, 0.3) is 12.3 Å². The van der Waals surface area contributed by atoms with Crippen LogP contribution in [0.1, 0.15) is 10.4 Å². The Morgan fingerprint density at radius 2 is 1.76 bits per heavy atom. The summed E-state index contributed by atoms with van der Waals surface area (Å²) in [6.07, 6.45) is -6.06. The molecule has 2 aromatic carbocycles. The van der Waals surface area contributed by atoms with E-state index in [9.17, 15) is 18.0 Å². The first-order chi connectivity index (χ1) is 11.8. The number of hydrogen-bond acceptors (Lipinski definition) is 3. The molecule has 1 N–H and O–H groups in total. The van der Waals surface area contributed by atoms with Gasteiger partial charge in [-0.25, -0.2) is 18.2 Å². The number of oxazole rings is 1. The van der Waals surface area contributed by atoms with E-state index in [2.05, 4.69) is 4.98 Å². The molecule has 25 heavy (non-hydrogen) atoms. The van der Waals surface area contributed by atoms with Crippen LogP contribution < -0.4 is 5.32 Å². The quantitative estimate of drug-likeness (QED) is 0.633. The number of carbonyl (C=O) groups excluding carboxylic acids is 1. The van der Waals surface area contributed by atoms with Crippen LogP contribution in [0.25, 0.3) is 22.6 Å². The Hall–Kier alpha value is -2.25. The van der Waals surface area contributed by atoms with E-state index in [0.717, 1.165) is 0 Å². The molecule has 0 radical (unpaired) electrons. The van der Waals surface area contributed by atoms with Crippen LogP contribution in [-0.4, -0.2) is 23.6 Å². The maximum absolute atomic E-state index is 12.9. The van der Waals surface area contributed by atoms with Crippen molar-refractivity contribution >= 4 is 40.2 Å². The topological polar surface area (TPSA) is 55.1 Å². The number of carbonyl (C=O) groups is 1. The lowest BCUT2D eigenvalue weighted by atomic mass is 10.2. The Morgan fingerprint density at radius 3 is 2.40 bits per heavy atom. The number of fused-ring (bicyclic) bond motifs is 1. The first kappa shape index (κ1) is 17.6. The van der Waals surface area contributed by atoms with Gasteiger partial charge in [-0.15, -0.1) is 0 Å². The van der Waals surface area contributed by atoms with E-state index in [4.69, 9.17) is 27.6 Å². The Balaban J connectivity index is 1.92. The van der Waals surface area contributed by atoms with Crippen molar-refractivity contribution in [2.45, 2.75) is 12.7 Å². The highest BCUT2D eigenvalue weighted by Crippen LogP contribution is 2.29. The van der Waals surface area contributed by atoms with Crippen molar-refractivity contribution in [3.05, 3.63) is 52.0 Å². The van der Waals surface area contributed by atoms with Gasteiger partial charge in [0.2, 0.25) is 12.2 Å². The van der Waals surface area contributed by atoms with Crippen LogP contribution in [-0.2, 0) is 0 Å². The number of nitrogens with zero attached hydrogens (tertiary/aromatic N) is 1. The lowest BCUT2D eigenvalue weighted by molar-refractivity contribution is 0.0287. The van der Waals surface area contributed by atoms with Crippen molar-refractivity contribution in [1.29, 1.82) is 0 Å². The van der Waals surface area contributed by atoms with Crippen LogP contribution in [0.15, 0.2) is 40.8 Å². The Bertz CT molecular complexity index is 926. The minimum Gasteiger partial charge on any atom is -0.436 e. The van der Waals surface area contributed by atoms with Crippen molar-refractivity contribution in [3.63, 3.8) is 0 Å². The van der Waals surface area contributed by atoms with E-state index < -0.39 is 18.6 Å². The van der Waals surface area contributed by atoms with Gasteiger partial charge in [0.1, 0.15) is 5.52 Å². The van der Waals surface area contributed by atoms with Crippen molar-refractivity contribution in [2.75, 3.05) is 0 Å². The molecule has 1 amide bonds. The van der Waals surface area contributed by atoms with Crippen molar-refractivity contribution in [1.82, 2.24) is 10.3 Å². The molecule has 0 saturated heterocycles. The predicted octanol–water partition coefficient (Wildman–Crippen LogP) is 5.09. The fraction of sp³-hybridized carbons (Fsp3) is 0.125. The van der Waals surface area contributed by atoms with Crippen LogP contribution in [0.3, 0.4) is 0 Å². The molecule has 0 fully saturated rings. The van der Waals surface area contributed by atoms with Crippen LogP contribution in [0, 0.1) is 0 Å². The molecule has 4 nitrogen and oxygen atoms in total. The molecule has 1 aromatic heterocycles. The minimum absolute atomic E-state index is 0.0392. The maximum Gasteiger partial charge on any atom is 0.287 e. The third kappa shape index (κ3) is 3.88. The van der Waals surface area contributed by atoms with E-state index in [-0.39, 0.29) is 17.0 Å². The normalized spacial score (nSPS) is 12.6. The zero-order valence-electron chi connectivity index (χ0n) is 12.3. The van der Waals surface area contributed by atoms with E-state index in [1.807, 2.05) is 0 Å². The van der Waals surface area contributed by atoms with Gasteiger partial charge < -0.3 is 9.73 Å². The predicted molar refractivity (Wildman–Crippen MR) is 87.8 cm³/mol. The van der Waals surface area contributed by atoms with Gasteiger partial charge in [-0.3, -0.25) is 4.79 Å². The average molecular weight is 389 g/mol. The standard InChI is InChI=1S/C16H9Cl2F3N2O2/c17-9-3-8(4-10(18)6-9)16-22-11-2-1-7(5-12(11)25-16)15(24)23-14(21)13(19)20/h1-6,13-14H,(H,23,24). The lowest BCUT2D eigenvalue weighted by Gasteiger charge is -2.09. The Labute approximate surface area is 149 Å². The summed E-state index contributed by atoms with van der Waals surface area (Å²) >= 11 is 11.9. The average Bonchev–Trinajstić information content (AvgIpc) is 2.96. The molecule has 130 valence electrons. The molecular formula is C16H9Cl2F3N2O2. The second kappa shape index (κ2) is 6.93. The summed E-state index contributed by atoms with van der Waals surface area (Å²) in [5.74, 6) is -0.772. The number of aromatic nitrogens is 1. The smallest absolute Gasteiger partial charge is 0.287 e. The summed E-state index contributed by atoms with van der Waals surface area (Å²) in [4.78, 5) is 16.0. The SMILES string of the molecule is O=C(NC(F)C(F)F)c1ccc2nc(-c3cc(Cl)cc(Cl)c3)oc2c1. The molecule has 3 rings (SSSR count). The van der Waals surface area contributed by atoms with E-state index in [1.165, 1.54) is 18.2 Å². The van der Waals surface area contributed by atoms with E-state index >= 15 is 0 Å². The van der Waals surface area contributed by atoms with Gasteiger partial charge >= 0.3 is 0 Å². The van der Waals surface area contributed by atoms with Gasteiger partial charge in [-0.05, 0) is 36.4 Å². The molecule has 1 unspecified atom stereocenters. The second-order valence-corrected chi connectivity index (χ2v) is 5.94. The number of rotatable bonds is 4. The number of amides is 1. The maximum atomic E-state index is 12.9. The molecule has 0 aliphatic heterocycles. The molecule has 0 aliphatic carbocycles. The third-order valence-electron chi connectivity index (χ3n) is 3.25. The molecule has 1 heterocycles. The summed E-state index contributed by atoms with van der Waals surface area (Å²) in [6, 6.07) is 8.82. The van der Waals surface area contributed by atoms with E-state index in [1.54, 1.807) is 23.5 Å². The summed E-state index contributed by atoms with van der Waals surface area (Å²) in [7, 11) is 0. The number of halogens is 5. The number of nitrogens with one attached hydrogen (secondary N) is 1.